The fourth-order valence-corrected chi connectivity index (χ4v) is 3.48. The maximum absolute atomic E-state index is 12.1. The molecule has 2 rings (SSSR count). The monoisotopic (exact) mass is 337 g/mol. The first-order valence-electron chi connectivity index (χ1n) is 8.30. The minimum Gasteiger partial charge on any atom is -0.376 e. The van der Waals surface area contributed by atoms with Crippen molar-refractivity contribution in [3.63, 3.8) is 0 Å². The van der Waals surface area contributed by atoms with Crippen molar-refractivity contribution in [1.29, 1.82) is 0 Å². The standard InChI is InChI=1S/C17H27N3O2S/c1-2-18-17(20-13-16-9-6-11-22-16)19-10-12-23(21)14-15-7-4-3-5-8-15/h3-5,7-8,16H,2,6,9-14H2,1H3,(H2,18,19,20). The van der Waals surface area contributed by atoms with Gasteiger partial charge in [-0.15, -0.1) is 0 Å². The number of rotatable bonds is 8. The van der Waals surface area contributed by atoms with Crippen molar-refractivity contribution in [1.82, 2.24) is 10.6 Å². The lowest BCUT2D eigenvalue weighted by Gasteiger charge is -2.12. The molecular formula is C17H27N3O2S. The molecule has 1 aliphatic heterocycles. The molecule has 1 aromatic carbocycles. The van der Waals surface area contributed by atoms with E-state index in [9.17, 15) is 4.21 Å². The lowest BCUT2D eigenvalue weighted by Crippen LogP contribution is -2.39. The Kier molecular flexibility index (Phi) is 8.11. The molecule has 1 aliphatic rings. The Morgan fingerprint density at radius 1 is 1.35 bits per heavy atom. The Morgan fingerprint density at radius 2 is 2.17 bits per heavy atom. The van der Waals surface area contributed by atoms with Crippen LogP contribution >= 0.6 is 0 Å². The highest BCUT2D eigenvalue weighted by molar-refractivity contribution is 7.84. The van der Waals surface area contributed by atoms with Gasteiger partial charge in [-0.2, -0.15) is 0 Å². The summed E-state index contributed by atoms with van der Waals surface area (Å²) in [5.41, 5.74) is 1.12. The molecule has 1 fully saturated rings. The van der Waals surface area contributed by atoms with Crippen molar-refractivity contribution in [2.75, 3.05) is 32.0 Å². The highest BCUT2D eigenvalue weighted by Gasteiger charge is 2.14. The van der Waals surface area contributed by atoms with Gasteiger partial charge < -0.3 is 15.4 Å². The van der Waals surface area contributed by atoms with Crippen LogP contribution in [0.3, 0.4) is 0 Å². The average molecular weight is 337 g/mol. The molecule has 0 spiro atoms. The van der Waals surface area contributed by atoms with Gasteiger partial charge >= 0.3 is 0 Å². The van der Waals surface area contributed by atoms with Crippen LogP contribution in [0.5, 0.6) is 0 Å². The van der Waals surface area contributed by atoms with Crippen LogP contribution in [0.2, 0.25) is 0 Å². The Hall–Kier alpha value is -1.40. The molecule has 1 saturated heterocycles. The van der Waals surface area contributed by atoms with E-state index >= 15 is 0 Å². The summed E-state index contributed by atoms with van der Waals surface area (Å²) in [5, 5.41) is 6.47. The SMILES string of the molecule is CCNC(=NCC1CCCO1)NCCS(=O)Cc1ccccc1. The summed E-state index contributed by atoms with van der Waals surface area (Å²) in [6, 6.07) is 9.95. The van der Waals surface area contributed by atoms with E-state index in [-0.39, 0.29) is 6.10 Å². The topological polar surface area (TPSA) is 62.7 Å². The number of nitrogens with zero attached hydrogens (tertiary/aromatic N) is 1. The van der Waals surface area contributed by atoms with Gasteiger partial charge in [0.2, 0.25) is 0 Å². The fraction of sp³-hybridized carbons (Fsp3) is 0.588. The second-order valence-electron chi connectivity index (χ2n) is 5.56. The number of hydrogen-bond acceptors (Lipinski definition) is 3. The smallest absolute Gasteiger partial charge is 0.191 e. The fourth-order valence-electron chi connectivity index (χ4n) is 2.44. The van der Waals surface area contributed by atoms with Gasteiger partial charge in [0.1, 0.15) is 0 Å². The lowest BCUT2D eigenvalue weighted by atomic mass is 10.2. The summed E-state index contributed by atoms with van der Waals surface area (Å²) >= 11 is 0. The van der Waals surface area contributed by atoms with Crippen molar-refractivity contribution in [2.24, 2.45) is 4.99 Å². The molecular weight excluding hydrogens is 310 g/mol. The van der Waals surface area contributed by atoms with Gasteiger partial charge in [0, 0.05) is 42.0 Å². The van der Waals surface area contributed by atoms with Crippen LogP contribution in [0.25, 0.3) is 0 Å². The van der Waals surface area contributed by atoms with Gasteiger partial charge in [-0.1, -0.05) is 30.3 Å². The molecule has 1 heterocycles. The van der Waals surface area contributed by atoms with E-state index in [0.717, 1.165) is 37.5 Å². The van der Waals surface area contributed by atoms with Crippen LogP contribution in [-0.4, -0.2) is 48.3 Å². The highest BCUT2D eigenvalue weighted by atomic mass is 32.2. The van der Waals surface area contributed by atoms with E-state index in [1.807, 2.05) is 37.3 Å². The molecule has 23 heavy (non-hydrogen) atoms. The Labute approximate surface area is 141 Å². The molecule has 5 nitrogen and oxygen atoms in total. The van der Waals surface area contributed by atoms with Crippen LogP contribution in [0.1, 0.15) is 25.3 Å². The first-order valence-corrected chi connectivity index (χ1v) is 9.79. The molecule has 2 atom stereocenters. The second-order valence-corrected chi connectivity index (χ2v) is 7.13. The summed E-state index contributed by atoms with van der Waals surface area (Å²) in [5.74, 6) is 1.99. The first kappa shape index (κ1) is 17.9. The number of guanidine groups is 1. The van der Waals surface area contributed by atoms with Crippen LogP contribution in [-0.2, 0) is 21.3 Å². The van der Waals surface area contributed by atoms with Gasteiger partial charge in [-0.05, 0) is 25.3 Å². The van der Waals surface area contributed by atoms with E-state index in [1.165, 1.54) is 0 Å². The van der Waals surface area contributed by atoms with Crippen LogP contribution in [0, 0.1) is 0 Å². The molecule has 2 N–H and O–H groups in total. The molecule has 1 aromatic rings. The highest BCUT2D eigenvalue weighted by Crippen LogP contribution is 2.11. The maximum atomic E-state index is 12.1. The van der Waals surface area contributed by atoms with E-state index in [0.29, 0.717) is 24.6 Å². The van der Waals surface area contributed by atoms with Crippen molar-refractivity contribution in [3.05, 3.63) is 35.9 Å². The van der Waals surface area contributed by atoms with Gasteiger partial charge in [0.15, 0.2) is 5.96 Å². The maximum Gasteiger partial charge on any atom is 0.191 e. The van der Waals surface area contributed by atoms with Crippen molar-refractivity contribution in [3.8, 4) is 0 Å². The molecule has 128 valence electrons. The van der Waals surface area contributed by atoms with Crippen LogP contribution < -0.4 is 10.6 Å². The third kappa shape index (κ3) is 7.14. The number of aliphatic imine (C=N–C) groups is 1. The van der Waals surface area contributed by atoms with E-state index in [1.54, 1.807) is 0 Å². The molecule has 0 aromatic heterocycles. The quantitative estimate of drug-likeness (QED) is 0.559. The minimum atomic E-state index is -0.867. The molecule has 6 heteroatoms. The number of ether oxygens (including phenoxy) is 1. The Balaban J connectivity index is 1.70. The second kappa shape index (κ2) is 10.4. The zero-order valence-electron chi connectivity index (χ0n) is 13.8. The third-order valence-electron chi connectivity index (χ3n) is 3.61. The molecule has 0 saturated carbocycles. The largest absolute Gasteiger partial charge is 0.376 e. The Bertz CT molecular complexity index is 502. The third-order valence-corrected chi connectivity index (χ3v) is 4.93. The van der Waals surface area contributed by atoms with Crippen molar-refractivity contribution >= 4 is 16.8 Å². The van der Waals surface area contributed by atoms with E-state index < -0.39 is 10.8 Å². The van der Waals surface area contributed by atoms with E-state index in [2.05, 4.69) is 15.6 Å². The van der Waals surface area contributed by atoms with Gasteiger partial charge in [0.25, 0.3) is 0 Å². The summed E-state index contributed by atoms with van der Waals surface area (Å²) in [4.78, 5) is 4.55. The van der Waals surface area contributed by atoms with Crippen molar-refractivity contribution < 1.29 is 8.95 Å². The van der Waals surface area contributed by atoms with Crippen LogP contribution in [0.15, 0.2) is 35.3 Å². The summed E-state index contributed by atoms with van der Waals surface area (Å²) < 4.78 is 17.7. The Morgan fingerprint density at radius 3 is 2.87 bits per heavy atom. The molecule has 0 aliphatic carbocycles. The van der Waals surface area contributed by atoms with Crippen molar-refractivity contribution in [2.45, 2.75) is 31.6 Å². The summed E-state index contributed by atoms with van der Waals surface area (Å²) in [6.07, 6.45) is 2.46. The van der Waals surface area contributed by atoms with Gasteiger partial charge in [0.05, 0.1) is 12.6 Å². The normalized spacial score (nSPS) is 19.5. The van der Waals surface area contributed by atoms with Gasteiger partial charge in [-0.3, -0.25) is 9.20 Å². The molecule has 0 amide bonds. The summed E-state index contributed by atoms with van der Waals surface area (Å²) in [7, 11) is -0.867. The predicted octanol–water partition coefficient (Wildman–Crippen LogP) is 1.67. The number of benzene rings is 1. The molecule has 0 radical (unpaired) electrons. The number of hydrogen-bond donors (Lipinski definition) is 2. The first-order chi connectivity index (χ1) is 11.3. The predicted molar refractivity (Wildman–Crippen MR) is 96.1 cm³/mol. The number of nitrogens with one attached hydrogen (secondary N) is 2. The minimum absolute atomic E-state index is 0.248. The zero-order chi connectivity index (χ0) is 16.3. The molecule has 2 unspecified atom stereocenters. The zero-order valence-corrected chi connectivity index (χ0v) is 14.6. The van der Waals surface area contributed by atoms with Gasteiger partial charge in [-0.25, -0.2) is 0 Å². The van der Waals surface area contributed by atoms with Crippen LogP contribution in [0.4, 0.5) is 0 Å². The molecule has 0 bridgehead atoms. The summed E-state index contributed by atoms with van der Waals surface area (Å²) in [6.45, 7) is 5.03. The lowest BCUT2D eigenvalue weighted by molar-refractivity contribution is 0.117. The van der Waals surface area contributed by atoms with E-state index in [4.69, 9.17) is 4.74 Å². The average Bonchev–Trinajstić information content (AvgIpc) is 3.07.